The Labute approximate surface area is 103 Å². The number of fused-ring (bicyclic) bond motifs is 1. The molecule has 2 rings (SSSR count). The van der Waals surface area contributed by atoms with Gasteiger partial charge in [0.2, 0.25) is 0 Å². The molecule has 0 amide bonds. The van der Waals surface area contributed by atoms with Gasteiger partial charge in [-0.1, -0.05) is 0 Å². The third-order valence-corrected chi connectivity index (χ3v) is 7.43. The van der Waals surface area contributed by atoms with Crippen LogP contribution in [-0.2, 0) is 0 Å². The standard InChI is InChI=1S/C10H14S4/c1-7-9-10(8(2)14-7)13-6-4-11-3-5-12-9/h3-6H2,1-2H3. The monoisotopic (exact) mass is 262 g/mol. The van der Waals surface area contributed by atoms with Crippen molar-refractivity contribution in [3.63, 3.8) is 0 Å². The maximum absolute atomic E-state index is 2.26. The van der Waals surface area contributed by atoms with E-state index in [-0.39, 0.29) is 0 Å². The average molecular weight is 262 g/mol. The molecule has 1 aliphatic heterocycles. The van der Waals surface area contributed by atoms with Gasteiger partial charge in [-0.05, 0) is 13.8 Å². The van der Waals surface area contributed by atoms with Gasteiger partial charge >= 0.3 is 0 Å². The minimum absolute atomic E-state index is 1.27. The predicted octanol–water partition coefficient (Wildman–Crippen LogP) is 4.30. The van der Waals surface area contributed by atoms with E-state index >= 15 is 0 Å². The van der Waals surface area contributed by atoms with Crippen LogP contribution in [0, 0.1) is 13.8 Å². The zero-order valence-corrected chi connectivity index (χ0v) is 11.7. The van der Waals surface area contributed by atoms with E-state index < -0.39 is 0 Å². The van der Waals surface area contributed by atoms with E-state index in [1.54, 1.807) is 9.79 Å². The highest BCUT2D eigenvalue weighted by molar-refractivity contribution is 8.06. The highest BCUT2D eigenvalue weighted by Crippen LogP contribution is 2.42. The van der Waals surface area contributed by atoms with Crippen molar-refractivity contribution in [3.8, 4) is 0 Å². The lowest BCUT2D eigenvalue weighted by Crippen LogP contribution is -1.86. The number of hydrogen-bond acceptors (Lipinski definition) is 4. The van der Waals surface area contributed by atoms with Crippen molar-refractivity contribution in [2.24, 2.45) is 0 Å². The Hall–Kier alpha value is 0.750. The molecule has 0 spiro atoms. The number of hydrogen-bond donors (Lipinski definition) is 0. The third-order valence-electron chi connectivity index (χ3n) is 2.10. The fourth-order valence-corrected chi connectivity index (χ4v) is 6.62. The van der Waals surface area contributed by atoms with Gasteiger partial charge < -0.3 is 0 Å². The summed E-state index contributed by atoms with van der Waals surface area (Å²) in [6, 6.07) is 0. The maximum atomic E-state index is 2.26. The fraction of sp³-hybridized carbons (Fsp3) is 0.600. The van der Waals surface area contributed by atoms with E-state index in [4.69, 9.17) is 0 Å². The highest BCUT2D eigenvalue weighted by atomic mass is 32.2. The Bertz CT molecular complexity index is 288. The lowest BCUT2D eigenvalue weighted by atomic mass is 10.4. The lowest BCUT2D eigenvalue weighted by molar-refractivity contribution is 1.22. The minimum Gasteiger partial charge on any atom is -0.160 e. The smallest absolute Gasteiger partial charge is 0.0348 e. The zero-order valence-electron chi connectivity index (χ0n) is 8.46. The highest BCUT2D eigenvalue weighted by Gasteiger charge is 2.14. The molecule has 0 nitrogen and oxygen atoms in total. The van der Waals surface area contributed by atoms with Crippen molar-refractivity contribution >= 4 is 46.6 Å². The summed E-state index contributed by atoms with van der Waals surface area (Å²) in [5.41, 5.74) is 0. The van der Waals surface area contributed by atoms with Gasteiger partial charge in [-0.2, -0.15) is 11.8 Å². The van der Waals surface area contributed by atoms with Crippen LogP contribution in [0.25, 0.3) is 0 Å². The van der Waals surface area contributed by atoms with Gasteiger partial charge in [-0.3, -0.25) is 0 Å². The molecule has 4 heteroatoms. The molecule has 0 unspecified atom stereocenters. The van der Waals surface area contributed by atoms with Crippen LogP contribution in [0.4, 0.5) is 0 Å². The van der Waals surface area contributed by atoms with E-state index in [1.165, 1.54) is 32.8 Å². The van der Waals surface area contributed by atoms with E-state index in [1.807, 2.05) is 11.3 Å². The molecule has 0 saturated heterocycles. The van der Waals surface area contributed by atoms with E-state index in [9.17, 15) is 0 Å². The molecule has 1 aromatic rings. The van der Waals surface area contributed by atoms with Crippen molar-refractivity contribution in [2.45, 2.75) is 23.6 Å². The summed E-state index contributed by atoms with van der Waals surface area (Å²) in [7, 11) is 0. The van der Waals surface area contributed by atoms with Gasteiger partial charge in [0.05, 0.1) is 0 Å². The molecule has 0 saturated carbocycles. The Morgan fingerprint density at radius 3 is 1.79 bits per heavy atom. The van der Waals surface area contributed by atoms with Crippen LogP contribution < -0.4 is 0 Å². The fourth-order valence-electron chi connectivity index (χ4n) is 1.48. The van der Waals surface area contributed by atoms with Gasteiger partial charge in [0, 0.05) is 42.6 Å². The van der Waals surface area contributed by atoms with Gasteiger partial charge in [-0.25, -0.2) is 0 Å². The van der Waals surface area contributed by atoms with Crippen LogP contribution >= 0.6 is 46.6 Å². The number of aryl methyl sites for hydroxylation is 2. The molecule has 78 valence electrons. The second-order valence-electron chi connectivity index (χ2n) is 3.18. The summed E-state index contributed by atoms with van der Waals surface area (Å²) in [5, 5.41) is 0. The molecule has 0 radical (unpaired) electrons. The van der Waals surface area contributed by atoms with E-state index in [2.05, 4.69) is 49.1 Å². The quantitative estimate of drug-likeness (QED) is 0.684. The van der Waals surface area contributed by atoms with Crippen molar-refractivity contribution in [1.29, 1.82) is 0 Å². The summed E-state index contributed by atoms with van der Waals surface area (Å²) >= 11 is 8.16. The van der Waals surface area contributed by atoms with Crippen LogP contribution in [-0.4, -0.2) is 23.0 Å². The first-order valence-electron chi connectivity index (χ1n) is 4.72. The van der Waals surface area contributed by atoms with Crippen molar-refractivity contribution < 1.29 is 0 Å². The summed E-state index contributed by atoms with van der Waals surface area (Å²) in [6.45, 7) is 4.52. The van der Waals surface area contributed by atoms with E-state index in [0.29, 0.717) is 0 Å². The average Bonchev–Trinajstić information content (AvgIpc) is 2.48. The molecule has 0 aromatic carbocycles. The summed E-state index contributed by atoms with van der Waals surface area (Å²) in [5.74, 6) is 5.16. The Morgan fingerprint density at radius 1 is 0.786 bits per heavy atom. The largest absolute Gasteiger partial charge is 0.160 e. The molecule has 14 heavy (non-hydrogen) atoms. The van der Waals surface area contributed by atoms with Crippen LogP contribution in [0.2, 0.25) is 0 Å². The molecule has 0 aliphatic carbocycles. The number of rotatable bonds is 0. The van der Waals surface area contributed by atoms with Gasteiger partial charge in [0.1, 0.15) is 0 Å². The number of thioether (sulfide) groups is 3. The molecule has 0 atom stereocenters. The van der Waals surface area contributed by atoms with Crippen molar-refractivity contribution in [1.82, 2.24) is 0 Å². The minimum atomic E-state index is 1.27. The summed E-state index contributed by atoms with van der Waals surface area (Å²) in [6.07, 6.45) is 0. The molecular formula is C10H14S4. The van der Waals surface area contributed by atoms with E-state index in [0.717, 1.165) is 0 Å². The molecule has 1 aromatic heterocycles. The van der Waals surface area contributed by atoms with Gasteiger partial charge in [-0.15, -0.1) is 34.9 Å². The molecule has 0 fully saturated rings. The molecule has 0 N–H and O–H groups in total. The Morgan fingerprint density at radius 2 is 1.29 bits per heavy atom. The van der Waals surface area contributed by atoms with Crippen LogP contribution in [0.5, 0.6) is 0 Å². The predicted molar refractivity (Wildman–Crippen MR) is 72.6 cm³/mol. The first kappa shape index (κ1) is 11.2. The van der Waals surface area contributed by atoms with Crippen molar-refractivity contribution in [2.75, 3.05) is 23.0 Å². The molecular weight excluding hydrogens is 248 g/mol. The summed E-state index contributed by atoms with van der Waals surface area (Å²) < 4.78 is 0. The first-order valence-corrected chi connectivity index (χ1v) is 8.66. The van der Waals surface area contributed by atoms with Crippen LogP contribution in [0.15, 0.2) is 9.79 Å². The summed E-state index contributed by atoms with van der Waals surface area (Å²) in [4.78, 5) is 6.17. The second-order valence-corrected chi connectivity index (χ2v) is 8.05. The normalized spacial score (nSPS) is 18.1. The second kappa shape index (κ2) is 5.19. The third kappa shape index (κ3) is 2.46. The maximum Gasteiger partial charge on any atom is 0.0348 e. The van der Waals surface area contributed by atoms with Crippen LogP contribution in [0.3, 0.4) is 0 Å². The Balaban J connectivity index is 2.28. The number of thiophene rings is 1. The van der Waals surface area contributed by atoms with Crippen LogP contribution in [0.1, 0.15) is 9.75 Å². The molecule has 0 bridgehead atoms. The Kier molecular flexibility index (Phi) is 4.17. The SMILES string of the molecule is Cc1sc(C)c2c1SCCSCCS2. The molecule has 2 heterocycles. The van der Waals surface area contributed by atoms with Gasteiger partial charge in [0.25, 0.3) is 0 Å². The molecule has 1 aliphatic rings. The first-order chi connectivity index (χ1) is 6.79. The van der Waals surface area contributed by atoms with Gasteiger partial charge in [0.15, 0.2) is 0 Å². The van der Waals surface area contributed by atoms with Crippen molar-refractivity contribution in [3.05, 3.63) is 9.75 Å². The lowest BCUT2D eigenvalue weighted by Gasteiger charge is -2.02. The topological polar surface area (TPSA) is 0 Å². The zero-order chi connectivity index (χ0) is 9.97.